The van der Waals surface area contributed by atoms with Gasteiger partial charge in [0.25, 0.3) is 0 Å². The number of nitrogens with two attached hydrogens (primary N) is 1. The van der Waals surface area contributed by atoms with Crippen LogP contribution in [0.4, 0.5) is 0 Å². The lowest BCUT2D eigenvalue weighted by atomic mass is 9.92. The van der Waals surface area contributed by atoms with E-state index >= 15 is 0 Å². The van der Waals surface area contributed by atoms with Crippen molar-refractivity contribution in [2.45, 2.75) is 51.6 Å². The van der Waals surface area contributed by atoms with Crippen LogP contribution >= 0.6 is 0 Å². The molecule has 100 valence electrons. The van der Waals surface area contributed by atoms with E-state index in [1.807, 2.05) is 0 Å². The van der Waals surface area contributed by atoms with Crippen molar-refractivity contribution in [1.29, 1.82) is 0 Å². The monoisotopic (exact) mass is 239 g/mol. The Bertz CT molecular complexity index is 259. The van der Waals surface area contributed by atoms with Crippen LogP contribution in [0.5, 0.6) is 0 Å². The van der Waals surface area contributed by atoms with E-state index in [1.165, 1.54) is 39.0 Å². The summed E-state index contributed by atoms with van der Waals surface area (Å²) < 4.78 is 0. The zero-order chi connectivity index (χ0) is 12.7. The van der Waals surface area contributed by atoms with Crippen molar-refractivity contribution in [3.8, 4) is 0 Å². The molecule has 1 saturated heterocycles. The summed E-state index contributed by atoms with van der Waals surface area (Å²) in [5.74, 6) is 0.855. The molecule has 0 spiro atoms. The third-order valence-electron chi connectivity index (χ3n) is 4.82. The molecule has 1 saturated carbocycles. The highest BCUT2D eigenvalue weighted by Gasteiger charge is 2.45. The lowest BCUT2D eigenvalue weighted by Gasteiger charge is -2.49. The summed E-state index contributed by atoms with van der Waals surface area (Å²) in [5, 5.41) is 0. The van der Waals surface area contributed by atoms with Gasteiger partial charge in [0.05, 0.1) is 0 Å². The van der Waals surface area contributed by atoms with Crippen LogP contribution in [-0.2, 0) is 0 Å². The fraction of sp³-hybridized carbons (Fsp3) is 1.00. The molecule has 0 radical (unpaired) electrons. The normalized spacial score (nSPS) is 28.1. The molecule has 0 aromatic heterocycles. The molecule has 0 aromatic rings. The molecule has 2 N–H and O–H groups in total. The van der Waals surface area contributed by atoms with Crippen molar-refractivity contribution in [3.05, 3.63) is 0 Å². The molecule has 0 bridgehead atoms. The zero-order valence-corrected chi connectivity index (χ0v) is 12.0. The molecule has 17 heavy (non-hydrogen) atoms. The van der Waals surface area contributed by atoms with E-state index < -0.39 is 0 Å². The summed E-state index contributed by atoms with van der Waals surface area (Å²) in [7, 11) is 0. The van der Waals surface area contributed by atoms with Gasteiger partial charge in [0.15, 0.2) is 0 Å². The quantitative estimate of drug-likeness (QED) is 0.811. The van der Waals surface area contributed by atoms with Gasteiger partial charge in [-0.05, 0) is 46.5 Å². The molecule has 2 aliphatic rings. The van der Waals surface area contributed by atoms with Gasteiger partial charge >= 0.3 is 0 Å². The largest absolute Gasteiger partial charge is 0.329 e. The van der Waals surface area contributed by atoms with Crippen molar-refractivity contribution in [2.24, 2.45) is 11.7 Å². The second kappa shape index (κ2) is 4.52. The van der Waals surface area contributed by atoms with Crippen molar-refractivity contribution in [1.82, 2.24) is 9.80 Å². The second-order valence-corrected chi connectivity index (χ2v) is 6.98. The van der Waals surface area contributed by atoms with Crippen molar-refractivity contribution in [3.63, 3.8) is 0 Å². The Hall–Kier alpha value is -0.120. The summed E-state index contributed by atoms with van der Waals surface area (Å²) in [5.41, 5.74) is 6.62. The molecule has 0 amide bonds. The number of rotatable bonds is 3. The van der Waals surface area contributed by atoms with Crippen LogP contribution in [0, 0.1) is 5.92 Å². The summed E-state index contributed by atoms with van der Waals surface area (Å²) in [6.07, 6.45) is 2.76. The Morgan fingerprint density at radius 2 is 1.41 bits per heavy atom. The zero-order valence-electron chi connectivity index (χ0n) is 12.0. The highest BCUT2D eigenvalue weighted by molar-refractivity contribution is 5.01. The fourth-order valence-corrected chi connectivity index (χ4v) is 3.15. The van der Waals surface area contributed by atoms with Crippen molar-refractivity contribution in [2.75, 3.05) is 32.7 Å². The van der Waals surface area contributed by atoms with E-state index in [9.17, 15) is 0 Å². The predicted molar refractivity (Wildman–Crippen MR) is 73.1 cm³/mol. The van der Waals surface area contributed by atoms with Gasteiger partial charge in [-0.25, -0.2) is 0 Å². The van der Waals surface area contributed by atoms with Crippen LogP contribution in [0.2, 0.25) is 0 Å². The maximum atomic E-state index is 6.04. The molecule has 3 nitrogen and oxygen atoms in total. The van der Waals surface area contributed by atoms with Crippen LogP contribution in [0.1, 0.15) is 40.5 Å². The lowest BCUT2D eigenvalue weighted by Crippen LogP contribution is -2.62. The summed E-state index contributed by atoms with van der Waals surface area (Å²) in [4.78, 5) is 5.24. The summed E-state index contributed by atoms with van der Waals surface area (Å²) in [6.45, 7) is 14.9. The van der Waals surface area contributed by atoms with E-state index in [0.717, 1.165) is 12.5 Å². The van der Waals surface area contributed by atoms with Gasteiger partial charge in [0.2, 0.25) is 0 Å². The predicted octanol–water partition coefficient (Wildman–Crippen LogP) is 1.53. The van der Waals surface area contributed by atoms with Crippen molar-refractivity contribution >= 4 is 0 Å². The molecule has 2 rings (SSSR count). The Morgan fingerprint density at radius 3 is 1.76 bits per heavy atom. The van der Waals surface area contributed by atoms with Crippen LogP contribution in [0.3, 0.4) is 0 Å². The maximum absolute atomic E-state index is 6.04. The Kier molecular flexibility index (Phi) is 3.54. The first-order valence-electron chi connectivity index (χ1n) is 7.08. The topological polar surface area (TPSA) is 32.5 Å². The van der Waals surface area contributed by atoms with Crippen molar-refractivity contribution < 1.29 is 0 Å². The van der Waals surface area contributed by atoms with Gasteiger partial charge in [-0.15, -0.1) is 0 Å². The maximum Gasteiger partial charge on any atom is 0.0332 e. The molecule has 0 aromatic carbocycles. The van der Waals surface area contributed by atoms with Crippen LogP contribution in [0.15, 0.2) is 0 Å². The SMILES string of the molecule is CC(C)(C)N1CCN(C(C)(CN)C2CC2)CC1. The molecule has 1 atom stereocenters. The standard InChI is InChI=1S/C14H29N3/c1-13(2,3)16-7-9-17(10-8-16)14(4,11-15)12-5-6-12/h12H,5-11,15H2,1-4H3. The minimum atomic E-state index is 0.268. The van der Waals surface area contributed by atoms with Gasteiger partial charge < -0.3 is 5.73 Å². The molecule has 1 unspecified atom stereocenters. The Morgan fingerprint density at radius 1 is 0.941 bits per heavy atom. The molecule has 1 aliphatic heterocycles. The van der Waals surface area contributed by atoms with Gasteiger partial charge in [0.1, 0.15) is 0 Å². The van der Waals surface area contributed by atoms with E-state index in [2.05, 4.69) is 37.5 Å². The minimum absolute atomic E-state index is 0.268. The fourth-order valence-electron chi connectivity index (χ4n) is 3.15. The molecule has 2 fully saturated rings. The average molecular weight is 239 g/mol. The first-order chi connectivity index (χ1) is 7.88. The van der Waals surface area contributed by atoms with E-state index in [1.54, 1.807) is 0 Å². The molecular weight excluding hydrogens is 210 g/mol. The molecule has 1 aliphatic carbocycles. The molecule has 1 heterocycles. The third-order valence-corrected chi connectivity index (χ3v) is 4.82. The smallest absolute Gasteiger partial charge is 0.0332 e. The Balaban J connectivity index is 1.94. The number of hydrogen-bond donors (Lipinski definition) is 1. The van der Waals surface area contributed by atoms with Crippen LogP contribution in [-0.4, -0.2) is 53.6 Å². The van der Waals surface area contributed by atoms with Crippen LogP contribution < -0.4 is 5.73 Å². The van der Waals surface area contributed by atoms with Crippen LogP contribution in [0.25, 0.3) is 0 Å². The van der Waals surface area contributed by atoms with E-state index in [-0.39, 0.29) is 5.54 Å². The van der Waals surface area contributed by atoms with Gasteiger partial charge in [0, 0.05) is 43.8 Å². The molecule has 3 heteroatoms. The lowest BCUT2D eigenvalue weighted by molar-refractivity contribution is 0.00212. The van der Waals surface area contributed by atoms with Gasteiger partial charge in [-0.2, -0.15) is 0 Å². The average Bonchev–Trinajstić information content (AvgIpc) is 3.11. The molecular formula is C14H29N3. The van der Waals surface area contributed by atoms with E-state index in [0.29, 0.717) is 5.54 Å². The minimum Gasteiger partial charge on any atom is -0.329 e. The first kappa shape index (κ1) is 13.3. The second-order valence-electron chi connectivity index (χ2n) is 6.98. The van der Waals surface area contributed by atoms with Gasteiger partial charge in [-0.1, -0.05) is 0 Å². The third kappa shape index (κ3) is 2.67. The summed E-state index contributed by atoms with van der Waals surface area (Å²) in [6, 6.07) is 0. The Labute approximate surface area is 106 Å². The number of nitrogens with zero attached hydrogens (tertiary/aromatic N) is 2. The summed E-state index contributed by atoms with van der Waals surface area (Å²) >= 11 is 0. The first-order valence-corrected chi connectivity index (χ1v) is 7.08. The number of piperazine rings is 1. The highest BCUT2D eigenvalue weighted by atomic mass is 15.3. The van der Waals surface area contributed by atoms with E-state index in [4.69, 9.17) is 5.73 Å². The van der Waals surface area contributed by atoms with Gasteiger partial charge in [-0.3, -0.25) is 9.80 Å². The highest BCUT2D eigenvalue weighted by Crippen LogP contribution is 2.42. The number of hydrogen-bond acceptors (Lipinski definition) is 3.